The standard InChI is InChI=1S/C21H17ClN4O2/c1-28-18-10-5-3-8-15(18)19(14-7-2-4-9-16(14)22)25-20(27)17-13-26-12-6-11-23-21(26)24-17/h2-13,19H,1H3,(H,25,27). The Morgan fingerprint density at radius 1 is 1.11 bits per heavy atom. The summed E-state index contributed by atoms with van der Waals surface area (Å²) in [6.07, 6.45) is 5.06. The minimum atomic E-state index is -0.505. The molecule has 140 valence electrons. The van der Waals surface area contributed by atoms with E-state index in [2.05, 4.69) is 15.3 Å². The van der Waals surface area contributed by atoms with Gasteiger partial charge in [0.25, 0.3) is 5.91 Å². The highest BCUT2D eigenvalue weighted by Gasteiger charge is 2.24. The molecule has 4 rings (SSSR count). The first-order chi connectivity index (χ1) is 13.7. The summed E-state index contributed by atoms with van der Waals surface area (Å²) in [7, 11) is 1.60. The van der Waals surface area contributed by atoms with Gasteiger partial charge in [-0.1, -0.05) is 48.0 Å². The van der Waals surface area contributed by atoms with E-state index in [9.17, 15) is 4.79 Å². The van der Waals surface area contributed by atoms with Gasteiger partial charge in [0, 0.05) is 29.2 Å². The summed E-state index contributed by atoms with van der Waals surface area (Å²) in [5, 5.41) is 3.59. The molecular weight excluding hydrogens is 376 g/mol. The number of ether oxygens (including phenoxy) is 1. The molecule has 4 aromatic rings. The van der Waals surface area contributed by atoms with Crippen molar-refractivity contribution in [3.05, 3.63) is 95.0 Å². The Hall–Kier alpha value is -3.38. The normalized spacial score (nSPS) is 11.9. The molecule has 7 heteroatoms. The quantitative estimate of drug-likeness (QED) is 0.559. The molecule has 0 aliphatic heterocycles. The van der Waals surface area contributed by atoms with Crippen molar-refractivity contribution in [3.63, 3.8) is 0 Å². The number of carbonyl (C=O) groups is 1. The lowest BCUT2D eigenvalue weighted by Crippen LogP contribution is -2.30. The third-order valence-corrected chi connectivity index (χ3v) is 4.75. The van der Waals surface area contributed by atoms with Gasteiger partial charge in [0.2, 0.25) is 5.78 Å². The average Bonchev–Trinajstić information content (AvgIpc) is 3.17. The number of halogens is 1. The Labute approximate surface area is 166 Å². The number of carbonyl (C=O) groups excluding carboxylic acids is 1. The van der Waals surface area contributed by atoms with Crippen LogP contribution < -0.4 is 10.1 Å². The van der Waals surface area contributed by atoms with E-state index in [0.29, 0.717) is 16.5 Å². The van der Waals surface area contributed by atoms with E-state index < -0.39 is 6.04 Å². The number of benzene rings is 2. The number of aromatic nitrogens is 3. The molecule has 0 radical (unpaired) electrons. The van der Waals surface area contributed by atoms with E-state index in [1.165, 1.54) is 0 Å². The molecule has 0 spiro atoms. The lowest BCUT2D eigenvalue weighted by Gasteiger charge is -2.22. The largest absolute Gasteiger partial charge is 0.496 e. The Morgan fingerprint density at radius 2 is 1.86 bits per heavy atom. The number of nitrogens with one attached hydrogen (secondary N) is 1. The predicted octanol–water partition coefficient (Wildman–Crippen LogP) is 3.91. The molecule has 1 amide bonds. The molecule has 2 aromatic heterocycles. The smallest absolute Gasteiger partial charge is 0.272 e. The van der Waals surface area contributed by atoms with Crippen LogP contribution in [0.3, 0.4) is 0 Å². The Kier molecular flexibility index (Phi) is 4.95. The molecule has 0 saturated carbocycles. The molecule has 1 atom stereocenters. The van der Waals surface area contributed by atoms with Crippen LogP contribution in [0.15, 0.2) is 73.2 Å². The molecule has 0 aliphatic rings. The van der Waals surface area contributed by atoms with Crippen molar-refractivity contribution in [1.29, 1.82) is 0 Å². The van der Waals surface area contributed by atoms with E-state index in [4.69, 9.17) is 16.3 Å². The van der Waals surface area contributed by atoms with Gasteiger partial charge in [-0.3, -0.25) is 9.20 Å². The van der Waals surface area contributed by atoms with Gasteiger partial charge in [-0.25, -0.2) is 9.97 Å². The minimum absolute atomic E-state index is 0.269. The van der Waals surface area contributed by atoms with Gasteiger partial charge in [-0.15, -0.1) is 0 Å². The van der Waals surface area contributed by atoms with Crippen molar-refractivity contribution in [1.82, 2.24) is 19.7 Å². The van der Waals surface area contributed by atoms with Gasteiger partial charge in [-0.05, 0) is 23.8 Å². The number of hydrogen-bond donors (Lipinski definition) is 1. The second-order valence-electron chi connectivity index (χ2n) is 6.12. The third kappa shape index (κ3) is 3.42. The van der Waals surface area contributed by atoms with E-state index in [1.807, 2.05) is 42.5 Å². The molecule has 2 heterocycles. The van der Waals surface area contributed by atoms with Crippen LogP contribution in [-0.2, 0) is 0 Å². The first kappa shape index (κ1) is 18.0. The highest BCUT2D eigenvalue weighted by molar-refractivity contribution is 6.31. The second-order valence-corrected chi connectivity index (χ2v) is 6.53. The van der Waals surface area contributed by atoms with E-state index >= 15 is 0 Å². The molecule has 0 fully saturated rings. The van der Waals surface area contributed by atoms with Crippen LogP contribution in [0.1, 0.15) is 27.7 Å². The van der Waals surface area contributed by atoms with Crippen LogP contribution in [0.25, 0.3) is 5.78 Å². The summed E-state index contributed by atoms with van der Waals surface area (Å²) in [5.74, 6) is 0.782. The summed E-state index contributed by atoms with van der Waals surface area (Å²) < 4.78 is 7.20. The molecule has 0 aliphatic carbocycles. The summed E-state index contributed by atoms with van der Waals surface area (Å²) in [5.41, 5.74) is 1.84. The first-order valence-corrected chi connectivity index (χ1v) is 9.03. The number of imidazole rings is 1. The fraction of sp³-hybridized carbons (Fsp3) is 0.0952. The lowest BCUT2D eigenvalue weighted by molar-refractivity contribution is 0.0938. The zero-order chi connectivity index (χ0) is 19.5. The van der Waals surface area contributed by atoms with Crippen molar-refractivity contribution in [2.24, 2.45) is 0 Å². The molecule has 1 N–H and O–H groups in total. The maximum Gasteiger partial charge on any atom is 0.272 e. The van der Waals surface area contributed by atoms with Gasteiger partial charge in [0.15, 0.2) is 0 Å². The summed E-state index contributed by atoms with van der Waals surface area (Å²) in [6.45, 7) is 0. The number of methoxy groups -OCH3 is 1. The molecule has 0 saturated heterocycles. The van der Waals surface area contributed by atoms with Crippen LogP contribution in [-0.4, -0.2) is 27.4 Å². The fourth-order valence-corrected chi connectivity index (χ4v) is 3.33. The molecule has 2 aromatic carbocycles. The molecule has 0 bridgehead atoms. The zero-order valence-electron chi connectivity index (χ0n) is 15.0. The number of nitrogens with zero attached hydrogens (tertiary/aromatic N) is 3. The number of para-hydroxylation sites is 1. The fourth-order valence-electron chi connectivity index (χ4n) is 3.08. The Balaban J connectivity index is 1.75. The van der Waals surface area contributed by atoms with Gasteiger partial charge in [0.05, 0.1) is 13.2 Å². The third-order valence-electron chi connectivity index (χ3n) is 4.41. The van der Waals surface area contributed by atoms with Crippen molar-refractivity contribution in [2.45, 2.75) is 6.04 Å². The lowest BCUT2D eigenvalue weighted by atomic mass is 9.97. The summed E-state index contributed by atoms with van der Waals surface area (Å²) in [4.78, 5) is 21.4. The maximum atomic E-state index is 13.0. The maximum absolute atomic E-state index is 13.0. The van der Waals surface area contributed by atoms with Crippen LogP contribution in [0.4, 0.5) is 0 Å². The number of rotatable bonds is 5. The van der Waals surface area contributed by atoms with Crippen molar-refractivity contribution in [2.75, 3.05) is 7.11 Å². The van der Waals surface area contributed by atoms with Gasteiger partial charge >= 0.3 is 0 Å². The highest BCUT2D eigenvalue weighted by atomic mass is 35.5. The first-order valence-electron chi connectivity index (χ1n) is 8.65. The van der Waals surface area contributed by atoms with E-state index in [1.54, 1.807) is 42.2 Å². The molecule has 6 nitrogen and oxygen atoms in total. The van der Waals surface area contributed by atoms with Crippen molar-refractivity contribution < 1.29 is 9.53 Å². The van der Waals surface area contributed by atoms with Crippen molar-refractivity contribution in [3.8, 4) is 5.75 Å². The summed E-state index contributed by atoms with van der Waals surface area (Å²) >= 11 is 6.44. The number of hydrogen-bond acceptors (Lipinski definition) is 4. The molecule has 1 unspecified atom stereocenters. The number of fused-ring (bicyclic) bond motifs is 1. The Morgan fingerprint density at radius 3 is 2.61 bits per heavy atom. The van der Waals surface area contributed by atoms with Gasteiger partial charge in [-0.2, -0.15) is 0 Å². The average molecular weight is 393 g/mol. The SMILES string of the molecule is COc1ccccc1C(NC(=O)c1cn2cccnc2n1)c1ccccc1Cl. The van der Waals surface area contributed by atoms with Crippen molar-refractivity contribution >= 4 is 23.3 Å². The minimum Gasteiger partial charge on any atom is -0.496 e. The van der Waals surface area contributed by atoms with E-state index in [0.717, 1.165) is 11.1 Å². The van der Waals surface area contributed by atoms with Gasteiger partial charge < -0.3 is 10.1 Å². The van der Waals surface area contributed by atoms with Crippen LogP contribution >= 0.6 is 11.6 Å². The highest BCUT2D eigenvalue weighted by Crippen LogP contribution is 2.33. The number of amides is 1. The molecular formula is C21H17ClN4O2. The monoisotopic (exact) mass is 392 g/mol. The zero-order valence-corrected chi connectivity index (χ0v) is 15.8. The van der Waals surface area contributed by atoms with Crippen LogP contribution in [0.2, 0.25) is 5.02 Å². The molecule has 28 heavy (non-hydrogen) atoms. The summed E-state index contributed by atoms with van der Waals surface area (Å²) in [6, 6.07) is 16.2. The van der Waals surface area contributed by atoms with Crippen LogP contribution in [0, 0.1) is 0 Å². The Bertz CT molecular complexity index is 1110. The van der Waals surface area contributed by atoms with E-state index in [-0.39, 0.29) is 11.6 Å². The van der Waals surface area contributed by atoms with Crippen LogP contribution in [0.5, 0.6) is 5.75 Å². The second kappa shape index (κ2) is 7.70. The predicted molar refractivity (Wildman–Crippen MR) is 107 cm³/mol. The topological polar surface area (TPSA) is 68.5 Å². The van der Waals surface area contributed by atoms with Gasteiger partial charge in [0.1, 0.15) is 11.4 Å².